The van der Waals surface area contributed by atoms with E-state index < -0.39 is 23.8 Å². The van der Waals surface area contributed by atoms with Gasteiger partial charge in [-0.1, -0.05) is 25.3 Å². The van der Waals surface area contributed by atoms with E-state index in [1.807, 2.05) is 0 Å². The summed E-state index contributed by atoms with van der Waals surface area (Å²) < 4.78 is 27.8. The number of halogens is 3. The van der Waals surface area contributed by atoms with Gasteiger partial charge in [0.25, 0.3) is 0 Å². The molecule has 0 spiro atoms. The molecule has 2 nitrogen and oxygen atoms in total. The summed E-state index contributed by atoms with van der Waals surface area (Å²) in [6.45, 7) is 1.57. The minimum absolute atomic E-state index is 0. The van der Waals surface area contributed by atoms with Crippen LogP contribution in [0.4, 0.5) is 8.78 Å². The third-order valence-corrected chi connectivity index (χ3v) is 4.15. The van der Waals surface area contributed by atoms with Gasteiger partial charge < -0.3 is 10.8 Å². The van der Waals surface area contributed by atoms with Crippen molar-refractivity contribution in [3.05, 3.63) is 34.9 Å². The van der Waals surface area contributed by atoms with Crippen LogP contribution in [0.2, 0.25) is 0 Å². The Labute approximate surface area is 124 Å². The standard InChI is InChI=1S/C15H21F2NO.ClH/c1-9-7-8-11(16)12(13(9)17)14(18)15(19)10-5-3-2-4-6-10;/h7-8,10,14-15,19H,2-6,18H2,1H3;1H/t14-,15+;/m0./s1. The van der Waals surface area contributed by atoms with Crippen LogP contribution in [0.1, 0.15) is 49.3 Å². The molecule has 0 saturated heterocycles. The molecule has 0 aromatic heterocycles. The maximum absolute atomic E-state index is 14.0. The molecule has 0 radical (unpaired) electrons. The molecule has 20 heavy (non-hydrogen) atoms. The molecule has 2 rings (SSSR count). The highest BCUT2D eigenvalue weighted by Gasteiger charge is 2.31. The number of rotatable bonds is 3. The van der Waals surface area contributed by atoms with Crippen LogP contribution < -0.4 is 5.73 Å². The van der Waals surface area contributed by atoms with Gasteiger partial charge in [-0.3, -0.25) is 0 Å². The van der Waals surface area contributed by atoms with Gasteiger partial charge in [-0.15, -0.1) is 12.4 Å². The van der Waals surface area contributed by atoms with E-state index in [1.165, 1.54) is 12.1 Å². The Morgan fingerprint density at radius 1 is 1.20 bits per heavy atom. The third kappa shape index (κ3) is 3.48. The fraction of sp³-hybridized carbons (Fsp3) is 0.600. The molecule has 114 valence electrons. The highest BCUT2D eigenvalue weighted by molar-refractivity contribution is 5.85. The largest absolute Gasteiger partial charge is 0.391 e. The molecule has 5 heteroatoms. The Bertz CT molecular complexity index is 450. The topological polar surface area (TPSA) is 46.2 Å². The lowest BCUT2D eigenvalue weighted by atomic mass is 9.81. The highest BCUT2D eigenvalue weighted by Crippen LogP contribution is 2.33. The van der Waals surface area contributed by atoms with E-state index in [0.717, 1.165) is 32.1 Å². The zero-order valence-electron chi connectivity index (χ0n) is 11.6. The smallest absolute Gasteiger partial charge is 0.133 e. The average Bonchev–Trinajstić information content (AvgIpc) is 2.43. The van der Waals surface area contributed by atoms with Gasteiger partial charge >= 0.3 is 0 Å². The summed E-state index contributed by atoms with van der Waals surface area (Å²) in [5.41, 5.74) is 6.08. The molecule has 1 saturated carbocycles. The molecule has 1 aromatic rings. The molecule has 0 unspecified atom stereocenters. The van der Waals surface area contributed by atoms with Gasteiger partial charge in [-0.05, 0) is 37.3 Å². The molecule has 1 aliphatic rings. The summed E-state index contributed by atoms with van der Waals surface area (Å²) in [6, 6.07) is 1.60. The number of aryl methyl sites for hydroxylation is 1. The van der Waals surface area contributed by atoms with Crippen LogP contribution in [0, 0.1) is 24.5 Å². The Balaban J connectivity index is 0.00000200. The van der Waals surface area contributed by atoms with Crippen LogP contribution in [0.25, 0.3) is 0 Å². The monoisotopic (exact) mass is 305 g/mol. The molecular weight excluding hydrogens is 284 g/mol. The lowest BCUT2D eigenvalue weighted by Crippen LogP contribution is -2.35. The summed E-state index contributed by atoms with van der Waals surface area (Å²) in [6.07, 6.45) is 4.13. The molecule has 3 N–H and O–H groups in total. The van der Waals surface area contributed by atoms with Gasteiger partial charge in [-0.2, -0.15) is 0 Å². The summed E-state index contributed by atoms with van der Waals surface area (Å²) >= 11 is 0. The summed E-state index contributed by atoms with van der Waals surface area (Å²) in [5, 5.41) is 10.3. The second kappa shape index (κ2) is 7.34. The van der Waals surface area contributed by atoms with E-state index in [2.05, 4.69) is 0 Å². The maximum atomic E-state index is 14.0. The number of aliphatic hydroxyl groups is 1. The summed E-state index contributed by atoms with van der Waals surface area (Å²) in [5.74, 6) is -1.27. The van der Waals surface area contributed by atoms with E-state index in [9.17, 15) is 13.9 Å². The first-order valence-electron chi connectivity index (χ1n) is 6.90. The fourth-order valence-electron chi connectivity index (χ4n) is 2.92. The van der Waals surface area contributed by atoms with Crippen molar-refractivity contribution in [3.8, 4) is 0 Å². The Morgan fingerprint density at radius 3 is 2.40 bits per heavy atom. The normalized spacial score (nSPS) is 19.2. The quantitative estimate of drug-likeness (QED) is 0.895. The molecular formula is C15H22ClF2NO. The maximum Gasteiger partial charge on any atom is 0.133 e. The Kier molecular flexibility index (Phi) is 6.37. The number of aliphatic hydroxyl groups excluding tert-OH is 1. The van der Waals surface area contributed by atoms with Crippen LogP contribution in [0.3, 0.4) is 0 Å². The van der Waals surface area contributed by atoms with Crippen LogP contribution in [-0.2, 0) is 0 Å². The van der Waals surface area contributed by atoms with Crippen molar-refractivity contribution in [1.82, 2.24) is 0 Å². The molecule has 0 amide bonds. The SMILES string of the molecule is Cc1ccc(F)c([C@H](N)[C@H](O)C2CCCCC2)c1F.Cl. The first-order valence-corrected chi connectivity index (χ1v) is 6.90. The molecule has 1 aromatic carbocycles. The molecule has 2 atom stereocenters. The number of hydrogen-bond acceptors (Lipinski definition) is 2. The van der Waals surface area contributed by atoms with Crippen molar-refractivity contribution in [1.29, 1.82) is 0 Å². The van der Waals surface area contributed by atoms with E-state index >= 15 is 0 Å². The summed E-state index contributed by atoms with van der Waals surface area (Å²) in [4.78, 5) is 0. The van der Waals surface area contributed by atoms with Gasteiger partial charge in [0.2, 0.25) is 0 Å². The summed E-state index contributed by atoms with van der Waals surface area (Å²) in [7, 11) is 0. The second-order valence-electron chi connectivity index (χ2n) is 5.51. The van der Waals surface area contributed by atoms with Gasteiger partial charge in [0.15, 0.2) is 0 Å². The highest BCUT2D eigenvalue weighted by atomic mass is 35.5. The van der Waals surface area contributed by atoms with Crippen molar-refractivity contribution in [3.63, 3.8) is 0 Å². The average molecular weight is 306 g/mol. The van der Waals surface area contributed by atoms with Crippen molar-refractivity contribution in [2.45, 2.75) is 51.2 Å². The third-order valence-electron chi connectivity index (χ3n) is 4.15. The van der Waals surface area contributed by atoms with Gasteiger partial charge in [0, 0.05) is 5.56 Å². The predicted octanol–water partition coefficient (Wildman–Crippen LogP) is 3.64. The Morgan fingerprint density at radius 2 is 1.80 bits per heavy atom. The van der Waals surface area contributed by atoms with Crippen molar-refractivity contribution in [2.24, 2.45) is 11.7 Å². The fourth-order valence-corrected chi connectivity index (χ4v) is 2.92. The van der Waals surface area contributed by atoms with Crippen molar-refractivity contribution < 1.29 is 13.9 Å². The first kappa shape index (κ1) is 17.3. The van der Waals surface area contributed by atoms with Crippen LogP contribution in [0.5, 0.6) is 0 Å². The minimum atomic E-state index is -0.997. The van der Waals surface area contributed by atoms with E-state index in [-0.39, 0.29) is 23.9 Å². The number of hydrogen-bond donors (Lipinski definition) is 2. The molecule has 0 heterocycles. The van der Waals surface area contributed by atoms with E-state index in [4.69, 9.17) is 5.73 Å². The van der Waals surface area contributed by atoms with Crippen molar-refractivity contribution >= 4 is 12.4 Å². The molecule has 1 aliphatic carbocycles. The lowest BCUT2D eigenvalue weighted by molar-refractivity contribution is 0.0596. The van der Waals surface area contributed by atoms with E-state index in [0.29, 0.717) is 5.56 Å². The number of nitrogens with two attached hydrogens (primary N) is 1. The Hall–Kier alpha value is -0.710. The number of benzene rings is 1. The zero-order valence-corrected chi connectivity index (χ0v) is 12.4. The van der Waals surface area contributed by atoms with Gasteiger partial charge in [0.1, 0.15) is 11.6 Å². The van der Waals surface area contributed by atoms with Crippen molar-refractivity contribution in [2.75, 3.05) is 0 Å². The minimum Gasteiger partial charge on any atom is -0.391 e. The second-order valence-corrected chi connectivity index (χ2v) is 5.51. The molecule has 0 bridgehead atoms. The van der Waals surface area contributed by atoms with Crippen LogP contribution in [0.15, 0.2) is 12.1 Å². The lowest BCUT2D eigenvalue weighted by Gasteiger charge is -2.31. The van der Waals surface area contributed by atoms with E-state index in [1.54, 1.807) is 6.92 Å². The molecule has 1 fully saturated rings. The zero-order chi connectivity index (χ0) is 14.0. The molecule has 0 aliphatic heterocycles. The first-order chi connectivity index (χ1) is 9.02. The van der Waals surface area contributed by atoms with Gasteiger partial charge in [-0.25, -0.2) is 8.78 Å². The van der Waals surface area contributed by atoms with Gasteiger partial charge in [0.05, 0.1) is 12.1 Å². The predicted molar refractivity (Wildman–Crippen MR) is 77.9 cm³/mol. The van der Waals surface area contributed by atoms with Crippen LogP contribution in [-0.4, -0.2) is 11.2 Å². The van der Waals surface area contributed by atoms with Crippen LogP contribution >= 0.6 is 12.4 Å².